The van der Waals surface area contributed by atoms with Crippen LogP contribution in [0.3, 0.4) is 0 Å². The van der Waals surface area contributed by atoms with Gasteiger partial charge in [0.05, 0.1) is 25.4 Å². The normalized spacial score (nSPS) is 20.8. The third-order valence-corrected chi connectivity index (χ3v) is 13.6. The molecule has 0 aliphatic carbocycles. The van der Waals surface area contributed by atoms with Crippen LogP contribution in [0.15, 0.2) is 36.5 Å². The Labute approximate surface area is 416 Å². The molecule has 0 aromatic carbocycles. The Balaban J connectivity index is 2.32. The molecule has 1 saturated heterocycles. The van der Waals surface area contributed by atoms with E-state index in [1.54, 1.807) is 0 Å². The van der Waals surface area contributed by atoms with E-state index in [1.165, 1.54) is 141 Å². The standard InChI is InChI=1S/C57H107NO10/c1-3-5-7-9-11-13-15-17-19-20-21-22-23-24-25-26-27-28-29-30-31-33-34-36-38-40-42-44-49(60)52(62)48(47-67-57-55(65)54(64)53(63)51(46-59)68-57)58-56(66)50(61)45-43-41-39-37-35-32-18-16-14-12-10-8-6-4-2/h14,16,30-31,36,38,48-55,57,59-65H,3-13,15,17-29,32-35,37,39-47H2,1-2H3,(H,58,66)/b16-14-,31-30+,38-36+. The summed E-state index contributed by atoms with van der Waals surface area (Å²) in [5.41, 5.74) is 0. The van der Waals surface area contributed by atoms with Crippen molar-refractivity contribution in [2.45, 2.75) is 306 Å². The zero-order chi connectivity index (χ0) is 49.7. The molecule has 0 bridgehead atoms. The summed E-state index contributed by atoms with van der Waals surface area (Å²) in [6.07, 6.45) is 45.0. The first kappa shape index (κ1) is 64.3. The number of unbranched alkanes of at least 4 members (excludes halogenated alkanes) is 30. The van der Waals surface area contributed by atoms with E-state index < -0.39 is 74.2 Å². The predicted molar refractivity (Wildman–Crippen MR) is 279 cm³/mol. The van der Waals surface area contributed by atoms with E-state index in [4.69, 9.17) is 9.47 Å². The van der Waals surface area contributed by atoms with Crippen LogP contribution in [0.2, 0.25) is 0 Å². The maximum absolute atomic E-state index is 13.1. The fraction of sp³-hybridized carbons (Fsp3) is 0.877. The van der Waals surface area contributed by atoms with Gasteiger partial charge in [-0.05, 0) is 77.0 Å². The van der Waals surface area contributed by atoms with Gasteiger partial charge in [0.1, 0.15) is 36.6 Å². The van der Waals surface area contributed by atoms with Gasteiger partial charge in [0.15, 0.2) is 6.29 Å². The lowest BCUT2D eigenvalue weighted by molar-refractivity contribution is -0.303. The van der Waals surface area contributed by atoms with Crippen molar-refractivity contribution < 1.29 is 50.0 Å². The van der Waals surface area contributed by atoms with Gasteiger partial charge in [-0.2, -0.15) is 0 Å². The molecule has 0 radical (unpaired) electrons. The molecule has 11 heteroatoms. The molecule has 9 unspecified atom stereocenters. The first-order valence-electron chi connectivity index (χ1n) is 28.4. The summed E-state index contributed by atoms with van der Waals surface area (Å²) in [6.45, 7) is 3.43. The van der Waals surface area contributed by atoms with E-state index in [1.807, 2.05) is 0 Å². The second-order valence-corrected chi connectivity index (χ2v) is 20.0. The molecular weight excluding hydrogens is 859 g/mol. The van der Waals surface area contributed by atoms with Crippen molar-refractivity contribution in [2.24, 2.45) is 0 Å². The Hall–Kier alpha value is -1.67. The molecule has 0 spiro atoms. The van der Waals surface area contributed by atoms with Crippen molar-refractivity contribution in [3.63, 3.8) is 0 Å². The van der Waals surface area contributed by atoms with Crippen LogP contribution in [-0.2, 0) is 14.3 Å². The molecule has 1 heterocycles. The lowest BCUT2D eigenvalue weighted by Crippen LogP contribution is -2.60. The van der Waals surface area contributed by atoms with Gasteiger partial charge in [-0.25, -0.2) is 0 Å². The Morgan fingerprint density at radius 2 is 0.882 bits per heavy atom. The van der Waals surface area contributed by atoms with Crippen LogP contribution < -0.4 is 5.32 Å². The van der Waals surface area contributed by atoms with Gasteiger partial charge >= 0.3 is 0 Å². The van der Waals surface area contributed by atoms with Crippen molar-refractivity contribution in [1.82, 2.24) is 5.32 Å². The quantitative estimate of drug-likeness (QED) is 0.0215. The summed E-state index contributed by atoms with van der Waals surface area (Å²) in [5.74, 6) is -0.715. The van der Waals surface area contributed by atoms with E-state index in [0.29, 0.717) is 19.3 Å². The van der Waals surface area contributed by atoms with Crippen LogP contribution in [0.25, 0.3) is 0 Å². The van der Waals surface area contributed by atoms with Gasteiger partial charge in [-0.1, -0.05) is 211 Å². The summed E-state index contributed by atoms with van der Waals surface area (Å²) in [4.78, 5) is 13.1. The molecule has 1 aliphatic heterocycles. The van der Waals surface area contributed by atoms with Crippen molar-refractivity contribution >= 4 is 5.91 Å². The van der Waals surface area contributed by atoms with Crippen LogP contribution in [0.1, 0.15) is 251 Å². The van der Waals surface area contributed by atoms with Gasteiger partial charge < -0.3 is 50.5 Å². The van der Waals surface area contributed by atoms with Crippen LogP contribution in [0.5, 0.6) is 0 Å². The highest BCUT2D eigenvalue weighted by molar-refractivity contribution is 5.80. The molecule has 400 valence electrons. The van der Waals surface area contributed by atoms with Gasteiger partial charge in [0.25, 0.3) is 0 Å². The molecule has 1 fully saturated rings. The molecule has 9 atom stereocenters. The SMILES string of the molecule is CCCCCC/C=C\CCCCCCCCC(O)C(=O)NC(COC1OC(CO)C(O)C(O)C1O)C(O)C(O)CCC/C=C/CC/C=C/CCCCCCCCCCCCCCCCCCCC. The van der Waals surface area contributed by atoms with Crippen LogP contribution >= 0.6 is 0 Å². The average molecular weight is 966 g/mol. The predicted octanol–water partition coefficient (Wildman–Crippen LogP) is 11.5. The molecule has 11 nitrogen and oxygen atoms in total. The number of aliphatic hydroxyl groups is 7. The van der Waals surface area contributed by atoms with E-state index in [-0.39, 0.29) is 12.8 Å². The number of aliphatic hydroxyl groups excluding tert-OH is 7. The lowest BCUT2D eigenvalue weighted by atomic mass is 9.98. The molecule has 8 N–H and O–H groups in total. The third kappa shape index (κ3) is 34.6. The van der Waals surface area contributed by atoms with E-state index >= 15 is 0 Å². The molecule has 1 amide bonds. The zero-order valence-corrected chi connectivity index (χ0v) is 43.6. The summed E-state index contributed by atoms with van der Waals surface area (Å²) in [5, 5.41) is 75.9. The number of ether oxygens (including phenoxy) is 2. The third-order valence-electron chi connectivity index (χ3n) is 13.6. The molecule has 0 aromatic heterocycles. The largest absolute Gasteiger partial charge is 0.394 e. The average Bonchev–Trinajstić information content (AvgIpc) is 3.34. The maximum Gasteiger partial charge on any atom is 0.249 e. The fourth-order valence-corrected chi connectivity index (χ4v) is 8.98. The first-order valence-corrected chi connectivity index (χ1v) is 28.4. The van der Waals surface area contributed by atoms with Crippen LogP contribution in [0, 0.1) is 0 Å². The fourth-order valence-electron chi connectivity index (χ4n) is 8.98. The van der Waals surface area contributed by atoms with Crippen molar-refractivity contribution in [1.29, 1.82) is 0 Å². The second kappa shape index (κ2) is 46.4. The van der Waals surface area contributed by atoms with Crippen LogP contribution in [0.4, 0.5) is 0 Å². The Morgan fingerprint density at radius 1 is 0.500 bits per heavy atom. The van der Waals surface area contributed by atoms with Gasteiger partial charge in [-0.3, -0.25) is 4.79 Å². The molecular formula is C57H107NO10. The zero-order valence-electron chi connectivity index (χ0n) is 43.6. The van der Waals surface area contributed by atoms with Crippen LogP contribution in [-0.4, -0.2) is 110 Å². The molecule has 0 aromatic rings. The monoisotopic (exact) mass is 966 g/mol. The highest BCUT2D eigenvalue weighted by Crippen LogP contribution is 2.23. The van der Waals surface area contributed by atoms with Gasteiger partial charge in [0.2, 0.25) is 5.91 Å². The summed E-state index contributed by atoms with van der Waals surface area (Å²) in [6, 6.07) is -1.19. The first-order chi connectivity index (χ1) is 33.2. The number of hydrogen-bond acceptors (Lipinski definition) is 10. The van der Waals surface area contributed by atoms with E-state index in [2.05, 4.69) is 55.6 Å². The minimum atomic E-state index is -1.67. The Morgan fingerprint density at radius 3 is 1.32 bits per heavy atom. The number of rotatable bonds is 48. The van der Waals surface area contributed by atoms with Gasteiger partial charge in [0, 0.05) is 0 Å². The van der Waals surface area contributed by atoms with Gasteiger partial charge in [-0.15, -0.1) is 0 Å². The summed E-state index contributed by atoms with van der Waals surface area (Å²) >= 11 is 0. The van der Waals surface area contributed by atoms with Crippen molar-refractivity contribution in [3.05, 3.63) is 36.5 Å². The highest BCUT2D eigenvalue weighted by atomic mass is 16.7. The number of carbonyl (C=O) groups is 1. The molecule has 1 aliphatic rings. The van der Waals surface area contributed by atoms with Crippen molar-refractivity contribution in [3.8, 4) is 0 Å². The minimum absolute atomic E-state index is 0.243. The number of allylic oxidation sites excluding steroid dienone is 6. The Kier molecular flexibility index (Phi) is 43.9. The summed E-state index contributed by atoms with van der Waals surface area (Å²) < 4.78 is 11.1. The van der Waals surface area contributed by atoms with E-state index in [0.717, 1.165) is 64.2 Å². The van der Waals surface area contributed by atoms with Crippen molar-refractivity contribution in [2.75, 3.05) is 13.2 Å². The molecule has 68 heavy (non-hydrogen) atoms. The molecule has 0 saturated carbocycles. The lowest BCUT2D eigenvalue weighted by Gasteiger charge is -2.40. The summed E-state index contributed by atoms with van der Waals surface area (Å²) in [7, 11) is 0. The number of nitrogens with one attached hydrogen (secondary N) is 1. The smallest absolute Gasteiger partial charge is 0.249 e. The molecule has 1 rings (SSSR count). The number of hydrogen-bond donors (Lipinski definition) is 8. The number of carbonyl (C=O) groups excluding carboxylic acids is 1. The number of amides is 1. The topological polar surface area (TPSA) is 189 Å². The van der Waals surface area contributed by atoms with E-state index in [9.17, 15) is 40.5 Å². The second-order valence-electron chi connectivity index (χ2n) is 20.0. The Bertz CT molecular complexity index is 1200. The minimum Gasteiger partial charge on any atom is -0.394 e. The maximum atomic E-state index is 13.1. The highest BCUT2D eigenvalue weighted by Gasteiger charge is 2.44.